The molecule has 94 valence electrons. The minimum atomic E-state index is 0.779. The zero-order valence-corrected chi connectivity index (χ0v) is 11.1. The Labute approximate surface area is 109 Å². The lowest BCUT2D eigenvalue weighted by Crippen LogP contribution is -2.03. The summed E-state index contributed by atoms with van der Waals surface area (Å²) in [6.07, 6.45) is 4.20. The van der Waals surface area contributed by atoms with Crippen molar-refractivity contribution in [1.82, 2.24) is 4.98 Å². The van der Waals surface area contributed by atoms with Crippen LogP contribution in [0.2, 0.25) is 0 Å². The van der Waals surface area contributed by atoms with Gasteiger partial charge >= 0.3 is 0 Å². The van der Waals surface area contributed by atoms with Crippen molar-refractivity contribution in [1.29, 1.82) is 0 Å². The zero-order valence-electron chi connectivity index (χ0n) is 11.1. The average molecular weight is 240 g/mol. The molecule has 0 spiro atoms. The predicted molar refractivity (Wildman–Crippen MR) is 76.7 cm³/mol. The van der Waals surface area contributed by atoms with E-state index in [9.17, 15) is 0 Å². The van der Waals surface area contributed by atoms with E-state index in [-0.39, 0.29) is 0 Å². The first kappa shape index (κ1) is 12.6. The number of benzene rings is 1. The summed E-state index contributed by atoms with van der Waals surface area (Å²) in [5, 5.41) is 3.47. The first-order valence-corrected chi connectivity index (χ1v) is 6.53. The van der Waals surface area contributed by atoms with E-state index in [1.807, 2.05) is 6.20 Å². The molecule has 0 saturated heterocycles. The Balaban J connectivity index is 2.03. The highest BCUT2D eigenvalue weighted by atomic mass is 14.9. The van der Waals surface area contributed by atoms with Crippen molar-refractivity contribution in [2.45, 2.75) is 33.2 Å². The summed E-state index contributed by atoms with van der Waals surface area (Å²) in [4.78, 5) is 4.41. The van der Waals surface area contributed by atoms with Gasteiger partial charge in [0.25, 0.3) is 0 Å². The fourth-order valence-electron chi connectivity index (χ4n) is 1.97. The highest BCUT2D eigenvalue weighted by molar-refractivity contribution is 5.51. The second-order valence-corrected chi connectivity index (χ2v) is 4.59. The molecule has 0 aliphatic carbocycles. The van der Waals surface area contributed by atoms with Crippen molar-refractivity contribution in [3.05, 3.63) is 59.4 Å². The van der Waals surface area contributed by atoms with Crippen molar-refractivity contribution in [3.63, 3.8) is 0 Å². The first-order valence-electron chi connectivity index (χ1n) is 6.53. The fraction of sp³-hybridized carbons (Fsp3) is 0.312. The second-order valence-electron chi connectivity index (χ2n) is 4.59. The number of anilines is 1. The van der Waals surface area contributed by atoms with E-state index in [4.69, 9.17) is 0 Å². The van der Waals surface area contributed by atoms with Gasteiger partial charge in [0, 0.05) is 11.9 Å². The number of aryl methyl sites for hydroxylation is 2. The smallest absolute Gasteiger partial charge is 0.0594 e. The van der Waals surface area contributed by atoms with Crippen LogP contribution in [0.5, 0.6) is 0 Å². The summed E-state index contributed by atoms with van der Waals surface area (Å²) in [5.74, 6) is 0. The summed E-state index contributed by atoms with van der Waals surface area (Å²) in [6, 6.07) is 12.7. The summed E-state index contributed by atoms with van der Waals surface area (Å²) >= 11 is 0. The van der Waals surface area contributed by atoms with Crippen molar-refractivity contribution in [2.24, 2.45) is 0 Å². The molecule has 2 heteroatoms. The molecule has 0 atom stereocenters. The molecule has 1 aromatic heterocycles. The minimum Gasteiger partial charge on any atom is -0.379 e. The van der Waals surface area contributed by atoms with Crippen LogP contribution < -0.4 is 5.32 Å². The quantitative estimate of drug-likeness (QED) is 0.855. The molecule has 2 rings (SSSR count). The van der Waals surface area contributed by atoms with E-state index >= 15 is 0 Å². The van der Waals surface area contributed by atoms with Gasteiger partial charge in [0.15, 0.2) is 0 Å². The number of nitrogens with one attached hydrogen (secondary N) is 1. The Kier molecular flexibility index (Phi) is 4.35. The molecular formula is C16H20N2. The third kappa shape index (κ3) is 3.33. The average Bonchev–Trinajstić information content (AvgIpc) is 2.40. The van der Waals surface area contributed by atoms with Crippen molar-refractivity contribution in [3.8, 4) is 0 Å². The Morgan fingerprint density at radius 1 is 1.11 bits per heavy atom. The Bertz CT molecular complexity index is 489. The highest BCUT2D eigenvalue weighted by Gasteiger charge is 2.00. The number of hydrogen-bond donors (Lipinski definition) is 1. The van der Waals surface area contributed by atoms with E-state index in [0.29, 0.717) is 0 Å². The van der Waals surface area contributed by atoms with Crippen LogP contribution in [0.3, 0.4) is 0 Å². The standard InChI is InChI=1S/C16H20N2/c1-3-6-14-7-4-5-8-16(14)18-12-15-10-9-13(2)11-17-15/h4-5,7-11,18H,3,6,12H2,1-2H3. The van der Waals surface area contributed by atoms with Gasteiger partial charge in [-0.15, -0.1) is 0 Å². The highest BCUT2D eigenvalue weighted by Crippen LogP contribution is 2.17. The van der Waals surface area contributed by atoms with Gasteiger partial charge < -0.3 is 5.32 Å². The van der Waals surface area contributed by atoms with Gasteiger partial charge in [0.2, 0.25) is 0 Å². The van der Waals surface area contributed by atoms with E-state index in [2.05, 4.69) is 60.5 Å². The molecule has 0 unspecified atom stereocenters. The molecule has 2 nitrogen and oxygen atoms in total. The maximum Gasteiger partial charge on any atom is 0.0594 e. The lowest BCUT2D eigenvalue weighted by atomic mass is 10.1. The van der Waals surface area contributed by atoms with E-state index in [1.54, 1.807) is 0 Å². The number of nitrogens with zero attached hydrogens (tertiary/aromatic N) is 1. The van der Waals surface area contributed by atoms with Crippen molar-refractivity contribution in [2.75, 3.05) is 5.32 Å². The number of aromatic nitrogens is 1. The van der Waals surface area contributed by atoms with Gasteiger partial charge in [0.05, 0.1) is 12.2 Å². The predicted octanol–water partition coefficient (Wildman–Crippen LogP) is 3.95. The van der Waals surface area contributed by atoms with E-state index in [0.717, 1.165) is 18.7 Å². The maximum absolute atomic E-state index is 4.41. The van der Waals surface area contributed by atoms with Gasteiger partial charge in [-0.3, -0.25) is 4.98 Å². The monoisotopic (exact) mass is 240 g/mol. The normalized spacial score (nSPS) is 10.3. The molecule has 18 heavy (non-hydrogen) atoms. The van der Waals surface area contributed by atoms with Crippen molar-refractivity contribution < 1.29 is 0 Å². The topological polar surface area (TPSA) is 24.9 Å². The number of para-hydroxylation sites is 1. The summed E-state index contributed by atoms with van der Waals surface area (Å²) < 4.78 is 0. The van der Waals surface area contributed by atoms with Gasteiger partial charge in [0.1, 0.15) is 0 Å². The zero-order chi connectivity index (χ0) is 12.8. The molecule has 0 aliphatic rings. The molecular weight excluding hydrogens is 220 g/mol. The Morgan fingerprint density at radius 2 is 1.94 bits per heavy atom. The number of hydrogen-bond acceptors (Lipinski definition) is 2. The molecule has 0 saturated carbocycles. The van der Waals surface area contributed by atoms with Crippen LogP contribution in [0.1, 0.15) is 30.2 Å². The second kappa shape index (κ2) is 6.20. The maximum atomic E-state index is 4.41. The summed E-state index contributed by atoms with van der Waals surface area (Å²) in [5.41, 5.74) is 4.88. The molecule has 1 aromatic carbocycles. The lowest BCUT2D eigenvalue weighted by molar-refractivity contribution is 0.917. The molecule has 0 fully saturated rings. The van der Waals surface area contributed by atoms with Crippen LogP contribution >= 0.6 is 0 Å². The van der Waals surface area contributed by atoms with Gasteiger partial charge in [-0.1, -0.05) is 37.6 Å². The van der Waals surface area contributed by atoms with Gasteiger partial charge in [-0.05, 0) is 36.6 Å². The molecule has 1 N–H and O–H groups in total. The SMILES string of the molecule is CCCc1ccccc1NCc1ccc(C)cn1. The third-order valence-electron chi connectivity index (χ3n) is 2.97. The molecule has 2 aromatic rings. The molecule has 0 amide bonds. The van der Waals surface area contributed by atoms with Crippen LogP contribution in [-0.2, 0) is 13.0 Å². The Hall–Kier alpha value is -1.83. The van der Waals surface area contributed by atoms with Crippen molar-refractivity contribution >= 4 is 5.69 Å². The van der Waals surface area contributed by atoms with Crippen LogP contribution in [0, 0.1) is 6.92 Å². The van der Waals surface area contributed by atoms with Crippen LogP contribution in [0.25, 0.3) is 0 Å². The molecule has 1 heterocycles. The largest absolute Gasteiger partial charge is 0.379 e. The molecule has 0 bridgehead atoms. The van der Waals surface area contributed by atoms with E-state index < -0.39 is 0 Å². The number of pyridine rings is 1. The van der Waals surface area contributed by atoms with Crippen LogP contribution in [0.15, 0.2) is 42.6 Å². The molecule has 0 aliphatic heterocycles. The summed E-state index contributed by atoms with van der Waals surface area (Å²) in [6.45, 7) is 5.04. The fourth-order valence-corrected chi connectivity index (χ4v) is 1.97. The van der Waals surface area contributed by atoms with Gasteiger partial charge in [-0.2, -0.15) is 0 Å². The van der Waals surface area contributed by atoms with Crippen LogP contribution in [0.4, 0.5) is 5.69 Å². The number of rotatable bonds is 5. The van der Waals surface area contributed by atoms with E-state index in [1.165, 1.54) is 23.2 Å². The summed E-state index contributed by atoms with van der Waals surface area (Å²) in [7, 11) is 0. The minimum absolute atomic E-state index is 0.779. The first-order chi connectivity index (χ1) is 8.79. The Morgan fingerprint density at radius 3 is 2.67 bits per heavy atom. The van der Waals surface area contributed by atoms with Gasteiger partial charge in [-0.25, -0.2) is 0 Å². The lowest BCUT2D eigenvalue weighted by Gasteiger charge is -2.11. The van der Waals surface area contributed by atoms with Crippen LogP contribution in [-0.4, -0.2) is 4.98 Å². The molecule has 0 radical (unpaired) electrons. The third-order valence-corrected chi connectivity index (χ3v) is 2.97.